The van der Waals surface area contributed by atoms with Crippen molar-refractivity contribution in [3.05, 3.63) is 47.0 Å². The molecular formula is C19H26N4OS. The van der Waals surface area contributed by atoms with Gasteiger partial charge in [0.25, 0.3) is 0 Å². The number of hydrogen-bond acceptors (Lipinski definition) is 5. The van der Waals surface area contributed by atoms with Crippen LogP contribution in [0.15, 0.2) is 35.8 Å². The summed E-state index contributed by atoms with van der Waals surface area (Å²) in [7, 11) is 0. The molecule has 2 N–H and O–H groups in total. The van der Waals surface area contributed by atoms with Gasteiger partial charge >= 0.3 is 0 Å². The number of fused-ring (bicyclic) bond motifs is 1. The molecule has 0 radical (unpaired) electrons. The Labute approximate surface area is 153 Å². The van der Waals surface area contributed by atoms with E-state index < -0.39 is 0 Å². The maximum atomic E-state index is 12.2. The summed E-state index contributed by atoms with van der Waals surface area (Å²) in [6, 6.07) is 8.40. The Morgan fingerprint density at radius 2 is 2.12 bits per heavy atom. The lowest BCUT2D eigenvalue weighted by Crippen LogP contribution is -2.54. The third-order valence-electron chi connectivity index (χ3n) is 4.88. The van der Waals surface area contributed by atoms with Crippen molar-refractivity contribution >= 4 is 22.4 Å². The zero-order chi connectivity index (χ0) is 17.9. The van der Waals surface area contributed by atoms with Crippen LogP contribution >= 0.6 is 11.3 Å². The highest BCUT2D eigenvalue weighted by atomic mass is 32.1. The van der Waals surface area contributed by atoms with Crippen molar-refractivity contribution < 1.29 is 4.79 Å². The number of carbonyl (C=O) groups excluding carboxylic acids is 1. The summed E-state index contributed by atoms with van der Waals surface area (Å²) in [6.45, 7) is 9.13. The summed E-state index contributed by atoms with van der Waals surface area (Å²) >= 11 is 1.43. The van der Waals surface area contributed by atoms with E-state index >= 15 is 0 Å². The van der Waals surface area contributed by atoms with Crippen molar-refractivity contribution in [3.8, 4) is 0 Å². The number of benzene rings is 1. The average molecular weight is 359 g/mol. The lowest BCUT2D eigenvalue weighted by molar-refractivity contribution is -0.117. The molecule has 0 aliphatic carbocycles. The first-order valence-electron chi connectivity index (χ1n) is 8.71. The van der Waals surface area contributed by atoms with Crippen LogP contribution < -0.4 is 10.6 Å². The molecule has 5 nitrogen and oxygen atoms in total. The Bertz CT molecular complexity index is 714. The molecular weight excluding hydrogens is 332 g/mol. The smallest absolute Gasteiger partial charge is 0.243 e. The van der Waals surface area contributed by atoms with Crippen molar-refractivity contribution in [2.75, 3.05) is 18.4 Å². The van der Waals surface area contributed by atoms with E-state index in [4.69, 9.17) is 0 Å². The topological polar surface area (TPSA) is 57.3 Å². The largest absolute Gasteiger partial charge is 0.304 e. The van der Waals surface area contributed by atoms with Gasteiger partial charge in [-0.25, -0.2) is 4.98 Å². The molecule has 1 aromatic heterocycles. The molecule has 0 fully saturated rings. The monoisotopic (exact) mass is 358 g/mol. The first-order valence-corrected chi connectivity index (χ1v) is 9.59. The molecule has 0 saturated heterocycles. The van der Waals surface area contributed by atoms with E-state index in [1.165, 1.54) is 22.5 Å². The summed E-state index contributed by atoms with van der Waals surface area (Å²) in [5.74, 6) is -0.0465. The van der Waals surface area contributed by atoms with Crippen LogP contribution in [0, 0.1) is 0 Å². The fourth-order valence-corrected chi connectivity index (χ4v) is 3.65. The number of nitrogens with zero attached hydrogens (tertiary/aromatic N) is 2. The van der Waals surface area contributed by atoms with Gasteiger partial charge in [-0.15, -0.1) is 11.3 Å². The Hall–Kier alpha value is -1.76. The quantitative estimate of drug-likeness (QED) is 0.834. The molecule has 1 amide bonds. The minimum atomic E-state index is -0.264. The van der Waals surface area contributed by atoms with E-state index in [0.717, 1.165) is 26.1 Å². The molecule has 0 unspecified atom stereocenters. The summed E-state index contributed by atoms with van der Waals surface area (Å²) in [4.78, 5) is 18.8. The number of carbonyl (C=O) groups is 1. The molecule has 1 aliphatic heterocycles. The summed E-state index contributed by atoms with van der Waals surface area (Å²) < 4.78 is 0. The number of hydrogen-bond donors (Lipinski definition) is 2. The second-order valence-corrected chi connectivity index (χ2v) is 8.08. The Morgan fingerprint density at radius 3 is 2.84 bits per heavy atom. The normalized spacial score (nSPS) is 16.3. The van der Waals surface area contributed by atoms with Gasteiger partial charge in [0.2, 0.25) is 5.91 Å². The number of anilines is 1. The van der Waals surface area contributed by atoms with Crippen molar-refractivity contribution in [3.63, 3.8) is 0 Å². The number of thiazole rings is 1. The first kappa shape index (κ1) is 18.0. The van der Waals surface area contributed by atoms with E-state index in [0.29, 0.717) is 5.13 Å². The highest BCUT2D eigenvalue weighted by Crippen LogP contribution is 2.25. The maximum absolute atomic E-state index is 12.2. The van der Waals surface area contributed by atoms with Gasteiger partial charge in [-0.05, 0) is 38.3 Å². The van der Waals surface area contributed by atoms with Crippen LogP contribution in [-0.2, 0) is 17.8 Å². The van der Waals surface area contributed by atoms with Crippen molar-refractivity contribution in [2.45, 2.75) is 45.3 Å². The van der Waals surface area contributed by atoms with Gasteiger partial charge in [-0.3, -0.25) is 9.69 Å². The zero-order valence-corrected chi connectivity index (χ0v) is 15.9. The molecule has 2 aromatic rings. The molecule has 1 aromatic carbocycles. The van der Waals surface area contributed by atoms with Gasteiger partial charge in [0.05, 0.1) is 6.04 Å². The van der Waals surface area contributed by atoms with Gasteiger partial charge in [0.15, 0.2) is 5.13 Å². The maximum Gasteiger partial charge on any atom is 0.243 e. The molecule has 2 heterocycles. The minimum absolute atomic E-state index is 0.0246. The molecule has 134 valence electrons. The average Bonchev–Trinajstić information content (AvgIpc) is 3.12. The third kappa shape index (κ3) is 4.45. The van der Waals surface area contributed by atoms with E-state index in [1.807, 2.05) is 12.3 Å². The van der Waals surface area contributed by atoms with E-state index in [1.54, 1.807) is 6.20 Å². The van der Waals surface area contributed by atoms with E-state index in [2.05, 4.69) is 58.6 Å². The molecule has 0 spiro atoms. The van der Waals surface area contributed by atoms with E-state index in [9.17, 15) is 4.79 Å². The van der Waals surface area contributed by atoms with Gasteiger partial charge in [0.1, 0.15) is 0 Å². The summed E-state index contributed by atoms with van der Waals surface area (Å²) in [5.41, 5.74) is 2.85. The number of nitrogens with one attached hydrogen (secondary N) is 2. The van der Waals surface area contributed by atoms with Crippen LogP contribution in [0.3, 0.4) is 0 Å². The van der Waals surface area contributed by atoms with Crippen molar-refractivity contribution in [1.82, 2.24) is 15.2 Å². The predicted molar refractivity (Wildman–Crippen MR) is 103 cm³/mol. The van der Waals surface area contributed by atoms with Crippen LogP contribution in [0.2, 0.25) is 0 Å². The molecule has 1 atom stereocenters. The highest BCUT2D eigenvalue weighted by molar-refractivity contribution is 7.13. The number of amides is 1. The lowest BCUT2D eigenvalue weighted by Gasteiger charge is -2.42. The van der Waals surface area contributed by atoms with Crippen LogP contribution in [0.1, 0.15) is 31.9 Å². The predicted octanol–water partition coefficient (Wildman–Crippen LogP) is 2.90. The molecule has 25 heavy (non-hydrogen) atoms. The van der Waals surface area contributed by atoms with Gasteiger partial charge in [-0.1, -0.05) is 24.3 Å². The second-order valence-electron chi connectivity index (χ2n) is 7.18. The van der Waals surface area contributed by atoms with Crippen molar-refractivity contribution in [1.29, 1.82) is 0 Å². The van der Waals surface area contributed by atoms with E-state index in [-0.39, 0.29) is 17.5 Å². The zero-order valence-electron chi connectivity index (χ0n) is 15.1. The third-order valence-corrected chi connectivity index (χ3v) is 5.57. The van der Waals surface area contributed by atoms with Crippen LogP contribution in [0.5, 0.6) is 0 Å². The van der Waals surface area contributed by atoms with Crippen LogP contribution in [0.4, 0.5) is 5.13 Å². The van der Waals surface area contributed by atoms with Crippen molar-refractivity contribution in [2.24, 2.45) is 0 Å². The molecule has 1 aliphatic rings. The minimum Gasteiger partial charge on any atom is -0.304 e. The summed E-state index contributed by atoms with van der Waals surface area (Å²) in [6.07, 6.45) is 2.77. The molecule has 3 rings (SSSR count). The number of rotatable bonds is 6. The van der Waals surface area contributed by atoms with Gasteiger partial charge in [0, 0.05) is 36.8 Å². The molecule has 6 heteroatoms. The fourth-order valence-electron chi connectivity index (χ4n) is 3.12. The van der Waals surface area contributed by atoms with Gasteiger partial charge in [-0.2, -0.15) is 0 Å². The van der Waals surface area contributed by atoms with Crippen LogP contribution in [-0.4, -0.2) is 40.5 Å². The highest BCUT2D eigenvalue weighted by Gasteiger charge is 2.30. The van der Waals surface area contributed by atoms with Gasteiger partial charge < -0.3 is 10.6 Å². The Kier molecular flexibility index (Phi) is 5.51. The molecule has 0 saturated carbocycles. The Morgan fingerprint density at radius 1 is 1.36 bits per heavy atom. The summed E-state index contributed by atoms with van der Waals surface area (Å²) in [5, 5.41) is 8.72. The van der Waals surface area contributed by atoms with Crippen LogP contribution in [0.25, 0.3) is 0 Å². The lowest BCUT2D eigenvalue weighted by atomic mass is 9.94. The molecule has 0 bridgehead atoms. The second kappa shape index (κ2) is 7.64. The Balaban J connectivity index is 1.54. The SMILES string of the molecule is C[C@H](NCC(C)(C)N1CCc2ccccc2C1)C(=O)Nc1nccs1. The fraction of sp³-hybridized carbons (Fsp3) is 0.474. The standard InChI is InChI=1S/C19H26N4OS/c1-14(17(24)22-18-20-9-11-25-18)21-13-19(2,3)23-10-8-15-6-4-5-7-16(15)12-23/h4-7,9,11,14,21H,8,10,12-13H2,1-3H3,(H,20,22,24)/t14-/m0/s1. The number of aromatic nitrogens is 1. The first-order chi connectivity index (χ1) is 12.0.